The van der Waals surface area contributed by atoms with Crippen LogP contribution in [0, 0.1) is 0 Å². The highest BCUT2D eigenvalue weighted by molar-refractivity contribution is 9.10. The number of nitrogens with zero attached hydrogens (tertiary/aromatic N) is 2. The van der Waals surface area contributed by atoms with E-state index in [4.69, 9.17) is 0 Å². The SMILES string of the molecule is CCN(c1cccc(Br)c1)S(=O)(=O)c1ncc[nH]1. The van der Waals surface area contributed by atoms with Crippen molar-refractivity contribution < 1.29 is 8.42 Å². The van der Waals surface area contributed by atoms with Crippen LogP contribution in [0.25, 0.3) is 0 Å². The summed E-state index contributed by atoms with van der Waals surface area (Å²) in [5, 5.41) is -0.0516. The molecule has 0 unspecified atom stereocenters. The molecule has 0 atom stereocenters. The molecule has 0 saturated carbocycles. The smallest absolute Gasteiger partial charge is 0.298 e. The van der Waals surface area contributed by atoms with Gasteiger partial charge < -0.3 is 4.98 Å². The van der Waals surface area contributed by atoms with E-state index in [1.54, 1.807) is 25.1 Å². The number of hydrogen-bond donors (Lipinski definition) is 1. The van der Waals surface area contributed by atoms with E-state index in [0.29, 0.717) is 12.2 Å². The van der Waals surface area contributed by atoms with Crippen LogP contribution >= 0.6 is 15.9 Å². The summed E-state index contributed by atoms with van der Waals surface area (Å²) in [6.07, 6.45) is 2.91. The lowest BCUT2D eigenvalue weighted by molar-refractivity contribution is 0.584. The summed E-state index contributed by atoms with van der Waals surface area (Å²) in [5.74, 6) is 0. The summed E-state index contributed by atoms with van der Waals surface area (Å²) in [4.78, 5) is 6.43. The first-order valence-corrected chi connectivity index (χ1v) is 7.56. The molecule has 7 heteroatoms. The zero-order chi connectivity index (χ0) is 13.2. The second-order valence-corrected chi connectivity index (χ2v) is 6.24. The Kier molecular flexibility index (Phi) is 3.72. The van der Waals surface area contributed by atoms with Gasteiger partial charge in [-0.2, -0.15) is 8.42 Å². The van der Waals surface area contributed by atoms with Crippen LogP contribution in [-0.2, 0) is 10.0 Å². The van der Waals surface area contributed by atoms with E-state index >= 15 is 0 Å². The van der Waals surface area contributed by atoms with Crippen molar-refractivity contribution in [3.63, 3.8) is 0 Å². The van der Waals surface area contributed by atoms with Crippen LogP contribution in [-0.4, -0.2) is 24.9 Å². The van der Waals surface area contributed by atoms with Gasteiger partial charge in [0, 0.05) is 23.4 Å². The molecule has 0 amide bonds. The number of imidazole rings is 1. The summed E-state index contributed by atoms with van der Waals surface area (Å²) < 4.78 is 26.8. The Hall–Kier alpha value is -1.34. The highest BCUT2D eigenvalue weighted by Gasteiger charge is 2.25. The first-order valence-electron chi connectivity index (χ1n) is 5.33. The van der Waals surface area contributed by atoms with Crippen molar-refractivity contribution in [3.8, 4) is 0 Å². The van der Waals surface area contributed by atoms with E-state index in [1.807, 2.05) is 6.07 Å². The van der Waals surface area contributed by atoms with E-state index in [0.717, 1.165) is 4.47 Å². The molecule has 0 spiro atoms. The normalized spacial score (nSPS) is 11.4. The fourth-order valence-corrected chi connectivity index (χ4v) is 3.36. The molecule has 96 valence electrons. The van der Waals surface area contributed by atoms with Gasteiger partial charge in [0.1, 0.15) is 0 Å². The zero-order valence-corrected chi connectivity index (χ0v) is 12.1. The fraction of sp³-hybridized carbons (Fsp3) is 0.182. The Morgan fingerprint density at radius 1 is 1.44 bits per heavy atom. The number of rotatable bonds is 4. The van der Waals surface area contributed by atoms with Crippen LogP contribution in [0.4, 0.5) is 5.69 Å². The molecule has 0 saturated heterocycles. The van der Waals surface area contributed by atoms with Gasteiger partial charge in [-0.3, -0.25) is 4.31 Å². The molecule has 1 aromatic carbocycles. The first-order chi connectivity index (χ1) is 8.55. The van der Waals surface area contributed by atoms with Crippen LogP contribution in [0.3, 0.4) is 0 Å². The van der Waals surface area contributed by atoms with Gasteiger partial charge in [0.15, 0.2) is 0 Å². The molecule has 1 N–H and O–H groups in total. The highest BCUT2D eigenvalue weighted by atomic mass is 79.9. The van der Waals surface area contributed by atoms with Gasteiger partial charge in [-0.25, -0.2) is 4.98 Å². The molecule has 2 aromatic rings. The van der Waals surface area contributed by atoms with Gasteiger partial charge in [0.25, 0.3) is 10.0 Å². The molecular formula is C11H12BrN3O2S. The number of aromatic amines is 1. The monoisotopic (exact) mass is 329 g/mol. The summed E-state index contributed by atoms with van der Waals surface area (Å²) in [6, 6.07) is 7.13. The van der Waals surface area contributed by atoms with Gasteiger partial charge in [0.05, 0.1) is 5.69 Å². The van der Waals surface area contributed by atoms with Gasteiger partial charge in [-0.1, -0.05) is 22.0 Å². The molecule has 18 heavy (non-hydrogen) atoms. The van der Waals surface area contributed by atoms with Crippen molar-refractivity contribution in [2.75, 3.05) is 10.8 Å². The highest BCUT2D eigenvalue weighted by Crippen LogP contribution is 2.24. The van der Waals surface area contributed by atoms with E-state index in [2.05, 4.69) is 25.9 Å². The lowest BCUT2D eigenvalue weighted by Crippen LogP contribution is -2.31. The maximum absolute atomic E-state index is 12.4. The van der Waals surface area contributed by atoms with Crippen molar-refractivity contribution in [3.05, 3.63) is 41.1 Å². The maximum atomic E-state index is 12.4. The van der Waals surface area contributed by atoms with E-state index in [-0.39, 0.29) is 5.16 Å². The van der Waals surface area contributed by atoms with Crippen LogP contribution in [0.2, 0.25) is 0 Å². The third kappa shape index (κ3) is 2.41. The quantitative estimate of drug-likeness (QED) is 0.936. The largest absolute Gasteiger partial charge is 0.334 e. The van der Waals surface area contributed by atoms with E-state index in [9.17, 15) is 8.42 Å². The predicted molar refractivity (Wildman–Crippen MR) is 72.9 cm³/mol. The summed E-state index contributed by atoms with van der Waals surface area (Å²) in [6.45, 7) is 2.11. The van der Waals surface area contributed by atoms with Crippen molar-refractivity contribution in [2.45, 2.75) is 12.1 Å². The Morgan fingerprint density at radius 3 is 2.78 bits per heavy atom. The Morgan fingerprint density at radius 2 is 2.22 bits per heavy atom. The number of anilines is 1. The standard InChI is InChI=1S/C11H12BrN3O2S/c1-2-15(10-5-3-4-9(12)8-10)18(16,17)11-13-6-7-14-11/h3-8H,2H2,1H3,(H,13,14). The van der Waals surface area contributed by atoms with Crippen LogP contribution in [0.15, 0.2) is 46.3 Å². The molecule has 5 nitrogen and oxygen atoms in total. The topological polar surface area (TPSA) is 66.1 Å². The summed E-state index contributed by atoms with van der Waals surface area (Å²) >= 11 is 3.33. The second-order valence-electron chi connectivity index (χ2n) is 3.54. The molecule has 2 rings (SSSR count). The van der Waals surface area contributed by atoms with E-state index in [1.165, 1.54) is 16.7 Å². The number of benzene rings is 1. The molecule has 0 aliphatic heterocycles. The Balaban J connectivity index is 2.47. The molecule has 1 aromatic heterocycles. The van der Waals surface area contributed by atoms with Gasteiger partial charge in [-0.15, -0.1) is 0 Å². The van der Waals surface area contributed by atoms with Crippen molar-refractivity contribution in [1.82, 2.24) is 9.97 Å². The average Bonchev–Trinajstić information content (AvgIpc) is 2.83. The Bertz CT molecular complexity index is 625. The minimum Gasteiger partial charge on any atom is -0.334 e. The number of sulfonamides is 1. The van der Waals surface area contributed by atoms with Gasteiger partial charge in [0.2, 0.25) is 5.16 Å². The maximum Gasteiger partial charge on any atom is 0.298 e. The number of H-pyrrole nitrogens is 1. The molecule has 0 aliphatic rings. The number of halogens is 1. The molecule has 0 bridgehead atoms. The minimum atomic E-state index is -3.63. The average molecular weight is 330 g/mol. The fourth-order valence-electron chi connectivity index (χ4n) is 1.62. The molecule has 0 fully saturated rings. The zero-order valence-electron chi connectivity index (χ0n) is 9.67. The van der Waals surface area contributed by atoms with Crippen LogP contribution in [0.5, 0.6) is 0 Å². The molecule has 0 aliphatic carbocycles. The van der Waals surface area contributed by atoms with E-state index < -0.39 is 10.0 Å². The van der Waals surface area contributed by atoms with Crippen molar-refractivity contribution in [2.24, 2.45) is 0 Å². The first kappa shape index (κ1) is 13.1. The molecular weight excluding hydrogens is 318 g/mol. The Labute approximate surface area is 114 Å². The summed E-state index contributed by atoms with van der Waals surface area (Å²) in [5.41, 5.74) is 0.600. The lowest BCUT2D eigenvalue weighted by atomic mass is 10.3. The molecule has 0 radical (unpaired) electrons. The second kappa shape index (κ2) is 5.11. The van der Waals surface area contributed by atoms with Gasteiger partial charge >= 0.3 is 0 Å². The third-order valence-corrected chi connectivity index (χ3v) is 4.65. The lowest BCUT2D eigenvalue weighted by Gasteiger charge is -2.21. The molecule has 1 heterocycles. The van der Waals surface area contributed by atoms with Crippen molar-refractivity contribution in [1.29, 1.82) is 0 Å². The van der Waals surface area contributed by atoms with Gasteiger partial charge in [-0.05, 0) is 25.1 Å². The number of aromatic nitrogens is 2. The van der Waals surface area contributed by atoms with Crippen molar-refractivity contribution >= 4 is 31.6 Å². The predicted octanol–water partition coefficient (Wildman–Crippen LogP) is 2.39. The summed E-state index contributed by atoms with van der Waals surface area (Å²) in [7, 11) is -3.63. The van der Waals surface area contributed by atoms with Crippen LogP contribution in [0.1, 0.15) is 6.92 Å². The third-order valence-electron chi connectivity index (χ3n) is 2.39. The minimum absolute atomic E-state index is 0.0516. The van der Waals surface area contributed by atoms with Crippen LogP contribution < -0.4 is 4.31 Å². The number of nitrogens with one attached hydrogen (secondary N) is 1. The number of hydrogen-bond acceptors (Lipinski definition) is 3.